The van der Waals surface area contributed by atoms with Crippen LogP contribution in [0.25, 0.3) is 0 Å². The lowest BCUT2D eigenvalue weighted by molar-refractivity contribution is -0.121. The zero-order chi connectivity index (χ0) is 35.2. The van der Waals surface area contributed by atoms with E-state index in [1.807, 2.05) is 50.9 Å². The number of piperazine rings is 1. The Morgan fingerprint density at radius 1 is 1.06 bits per heavy atom. The number of hydrogen-bond acceptors (Lipinski definition) is 7. The summed E-state index contributed by atoms with van der Waals surface area (Å²) in [7, 11) is 1.60. The number of ether oxygens (including phenoxy) is 2. The second-order valence-electron chi connectivity index (χ2n) is 15.1. The van der Waals surface area contributed by atoms with Gasteiger partial charge in [0.2, 0.25) is 5.91 Å². The molecule has 10 nitrogen and oxygen atoms in total. The first-order valence-electron chi connectivity index (χ1n) is 16.9. The summed E-state index contributed by atoms with van der Waals surface area (Å²) in [6, 6.07) is 13.3. The quantitative estimate of drug-likeness (QED) is 0.332. The van der Waals surface area contributed by atoms with Gasteiger partial charge in [0.15, 0.2) is 0 Å². The van der Waals surface area contributed by atoms with Gasteiger partial charge in [-0.05, 0) is 75.2 Å². The maximum Gasteiger partial charge on any atom is 0.410 e. The lowest BCUT2D eigenvalue weighted by atomic mass is 9.88. The minimum Gasteiger partial charge on any atom is -0.497 e. The van der Waals surface area contributed by atoms with Crippen LogP contribution < -0.4 is 9.64 Å². The van der Waals surface area contributed by atoms with Crippen LogP contribution in [0, 0.1) is 5.82 Å². The van der Waals surface area contributed by atoms with Crippen LogP contribution in [-0.2, 0) is 27.9 Å². The second kappa shape index (κ2) is 13.1. The maximum atomic E-state index is 14.3. The van der Waals surface area contributed by atoms with Crippen LogP contribution in [0.3, 0.4) is 0 Å². The van der Waals surface area contributed by atoms with Crippen molar-refractivity contribution >= 4 is 23.6 Å². The van der Waals surface area contributed by atoms with E-state index in [9.17, 15) is 18.8 Å². The van der Waals surface area contributed by atoms with Crippen LogP contribution in [0.15, 0.2) is 54.7 Å². The Balaban J connectivity index is 1.24. The van der Waals surface area contributed by atoms with E-state index in [2.05, 4.69) is 18.7 Å². The number of hydrogen-bond donors (Lipinski definition) is 0. The largest absolute Gasteiger partial charge is 0.497 e. The fourth-order valence-corrected chi connectivity index (χ4v) is 7.12. The average molecular weight is 672 g/mol. The molecule has 0 saturated carbocycles. The van der Waals surface area contributed by atoms with Gasteiger partial charge < -0.3 is 24.2 Å². The predicted molar refractivity (Wildman–Crippen MR) is 184 cm³/mol. The summed E-state index contributed by atoms with van der Waals surface area (Å²) in [6.45, 7) is 13.8. The molecule has 11 heteroatoms. The van der Waals surface area contributed by atoms with Crippen molar-refractivity contribution in [3.05, 3.63) is 88.5 Å². The molecule has 0 N–H and O–H groups in total. The first-order valence-corrected chi connectivity index (χ1v) is 16.9. The van der Waals surface area contributed by atoms with Gasteiger partial charge in [-0.25, -0.2) is 9.18 Å². The van der Waals surface area contributed by atoms with Gasteiger partial charge in [0.1, 0.15) is 17.2 Å². The number of halogens is 1. The Labute approximate surface area is 287 Å². The lowest BCUT2D eigenvalue weighted by Gasteiger charge is -2.46. The predicted octanol–water partition coefficient (Wildman–Crippen LogP) is 5.41. The number of carbonyl (C=O) groups is 3. The molecule has 3 amide bonds. The van der Waals surface area contributed by atoms with Gasteiger partial charge in [-0.15, -0.1) is 0 Å². The van der Waals surface area contributed by atoms with Crippen molar-refractivity contribution in [2.24, 2.45) is 0 Å². The summed E-state index contributed by atoms with van der Waals surface area (Å²) in [6.07, 6.45) is 1.96. The van der Waals surface area contributed by atoms with Crippen LogP contribution >= 0.6 is 0 Å². The fourth-order valence-electron chi connectivity index (χ4n) is 7.12. The lowest BCUT2D eigenvalue weighted by Crippen LogP contribution is -2.63. The highest BCUT2D eigenvalue weighted by Crippen LogP contribution is 2.41. The molecule has 3 aliphatic rings. The molecule has 2 atom stereocenters. The SMILES string of the molecule is COc1ccc2c(c1)CN(C[C@H]1CN(C(=O)OC(C)(C)C)[C@H](C)CN1CC(=O)N1CC(C)(C)c3cnc(Cc4ccc(F)cc4)cc31)C2=O. The van der Waals surface area contributed by atoms with Gasteiger partial charge >= 0.3 is 6.09 Å². The van der Waals surface area contributed by atoms with Gasteiger partial charge in [-0.3, -0.25) is 19.5 Å². The Bertz CT molecular complexity index is 1750. The highest BCUT2D eigenvalue weighted by Gasteiger charge is 2.43. The highest BCUT2D eigenvalue weighted by atomic mass is 19.1. The molecule has 0 unspecified atom stereocenters. The molecule has 0 aliphatic carbocycles. The number of amides is 3. The minimum atomic E-state index is -0.661. The molecule has 49 heavy (non-hydrogen) atoms. The third-order valence-electron chi connectivity index (χ3n) is 9.65. The van der Waals surface area contributed by atoms with E-state index < -0.39 is 11.7 Å². The molecule has 4 heterocycles. The summed E-state index contributed by atoms with van der Waals surface area (Å²) < 4.78 is 24.7. The van der Waals surface area contributed by atoms with Crippen LogP contribution in [-0.4, -0.2) is 95.1 Å². The summed E-state index contributed by atoms with van der Waals surface area (Å²) in [4.78, 5) is 53.3. The zero-order valence-corrected chi connectivity index (χ0v) is 29.5. The summed E-state index contributed by atoms with van der Waals surface area (Å²) in [5.74, 6) is 0.257. The molecule has 0 radical (unpaired) electrons. The molecule has 1 saturated heterocycles. The van der Waals surface area contributed by atoms with Crippen molar-refractivity contribution in [2.45, 2.75) is 77.6 Å². The molecule has 260 valence electrons. The molecule has 0 spiro atoms. The van der Waals surface area contributed by atoms with Crippen molar-refractivity contribution in [2.75, 3.05) is 44.7 Å². The molecule has 6 rings (SSSR count). The highest BCUT2D eigenvalue weighted by molar-refractivity contribution is 5.99. The Hall–Kier alpha value is -4.51. The van der Waals surface area contributed by atoms with E-state index in [4.69, 9.17) is 14.5 Å². The smallest absolute Gasteiger partial charge is 0.410 e. The van der Waals surface area contributed by atoms with Crippen molar-refractivity contribution in [1.29, 1.82) is 0 Å². The topological polar surface area (TPSA) is 95.5 Å². The molecule has 3 aromatic rings. The maximum absolute atomic E-state index is 14.3. The van der Waals surface area contributed by atoms with Crippen molar-refractivity contribution < 1.29 is 28.2 Å². The van der Waals surface area contributed by atoms with E-state index in [1.165, 1.54) is 12.1 Å². The van der Waals surface area contributed by atoms with E-state index in [0.29, 0.717) is 50.5 Å². The first-order chi connectivity index (χ1) is 23.1. The van der Waals surface area contributed by atoms with Gasteiger partial charge in [0.05, 0.1) is 19.3 Å². The zero-order valence-electron chi connectivity index (χ0n) is 29.5. The van der Waals surface area contributed by atoms with Crippen LogP contribution in [0.4, 0.5) is 14.9 Å². The fraction of sp³-hybridized carbons (Fsp3) is 0.474. The van der Waals surface area contributed by atoms with Gasteiger partial charge in [-0.2, -0.15) is 0 Å². The van der Waals surface area contributed by atoms with E-state index in [-0.39, 0.29) is 41.7 Å². The Morgan fingerprint density at radius 2 is 1.80 bits per heavy atom. The number of carbonyl (C=O) groups excluding carboxylic acids is 3. The second-order valence-corrected chi connectivity index (χ2v) is 15.1. The standard InChI is InChI=1S/C38H46FN5O5/c1-24-18-41(22-34(45)44-23-38(5,6)32-17-40-28(16-33(32)44)14-25-8-10-27(39)11-9-25)29(21-43(24)36(47)49-37(2,3)4)20-42-19-26-15-30(48-7)12-13-31(26)35(42)46/h8-13,15-17,24,29H,14,18-23H2,1-7H3/t24-,29+/m1/s1. The molecule has 0 bridgehead atoms. The third-order valence-corrected chi connectivity index (χ3v) is 9.65. The van der Waals surface area contributed by atoms with Crippen molar-refractivity contribution in [1.82, 2.24) is 19.7 Å². The average Bonchev–Trinajstić information content (AvgIpc) is 3.49. The first kappa shape index (κ1) is 34.4. The number of nitrogens with zero attached hydrogens (tertiary/aromatic N) is 5. The Morgan fingerprint density at radius 3 is 2.49 bits per heavy atom. The molecule has 2 aromatic carbocycles. The normalized spacial score (nSPS) is 20.3. The number of rotatable bonds is 7. The summed E-state index contributed by atoms with van der Waals surface area (Å²) in [5, 5.41) is 0. The van der Waals surface area contributed by atoms with Gasteiger partial charge in [0, 0.05) is 79.7 Å². The monoisotopic (exact) mass is 671 g/mol. The molecule has 1 aromatic heterocycles. The van der Waals surface area contributed by atoms with Gasteiger partial charge in [-0.1, -0.05) is 26.0 Å². The van der Waals surface area contributed by atoms with Crippen LogP contribution in [0.1, 0.15) is 74.3 Å². The van der Waals surface area contributed by atoms with Crippen LogP contribution in [0.2, 0.25) is 0 Å². The molecule has 1 fully saturated rings. The van der Waals surface area contributed by atoms with Crippen LogP contribution in [0.5, 0.6) is 5.75 Å². The van der Waals surface area contributed by atoms with Gasteiger partial charge in [0.25, 0.3) is 5.91 Å². The summed E-state index contributed by atoms with van der Waals surface area (Å²) >= 11 is 0. The number of anilines is 1. The van der Waals surface area contributed by atoms with E-state index >= 15 is 0 Å². The number of methoxy groups -OCH3 is 1. The van der Waals surface area contributed by atoms with E-state index in [0.717, 1.165) is 28.1 Å². The molecule has 3 aliphatic heterocycles. The number of aromatic nitrogens is 1. The van der Waals surface area contributed by atoms with Crippen molar-refractivity contribution in [3.8, 4) is 5.75 Å². The number of benzene rings is 2. The number of pyridine rings is 1. The minimum absolute atomic E-state index is 0.0607. The Kier molecular flexibility index (Phi) is 9.17. The third kappa shape index (κ3) is 7.27. The number of fused-ring (bicyclic) bond motifs is 2. The summed E-state index contributed by atoms with van der Waals surface area (Å²) in [5.41, 5.74) is 4.12. The molecular weight excluding hydrogens is 625 g/mol. The van der Waals surface area contributed by atoms with E-state index in [1.54, 1.807) is 41.2 Å². The van der Waals surface area contributed by atoms with Crippen molar-refractivity contribution in [3.63, 3.8) is 0 Å². The molecular formula is C38H46FN5O5.